The number of ether oxygens (including phenoxy) is 1. The minimum Gasteiger partial charge on any atom is -0.357 e. The van der Waals surface area contributed by atoms with Crippen molar-refractivity contribution in [1.82, 2.24) is 0 Å². The molecule has 0 aromatic rings. The topological polar surface area (TPSA) is 29.6 Å². The van der Waals surface area contributed by atoms with Gasteiger partial charge in [0.2, 0.25) is 0 Å². The van der Waals surface area contributed by atoms with Crippen LogP contribution < -0.4 is 0 Å². The first-order chi connectivity index (χ1) is 7.56. The van der Waals surface area contributed by atoms with Crippen molar-refractivity contribution in [2.24, 2.45) is 16.7 Å². The van der Waals surface area contributed by atoms with Crippen LogP contribution in [-0.4, -0.2) is 17.5 Å². The van der Waals surface area contributed by atoms with Crippen LogP contribution in [0.3, 0.4) is 0 Å². The summed E-state index contributed by atoms with van der Waals surface area (Å²) in [6.45, 7) is 4.58. The molecule has 1 aliphatic heterocycles. The highest BCUT2D eigenvalue weighted by Gasteiger charge is 2.80. The molecule has 16 heavy (non-hydrogen) atoms. The van der Waals surface area contributed by atoms with E-state index in [1.54, 1.807) is 0 Å². The molecule has 1 heterocycles. The second kappa shape index (κ2) is 2.40. The zero-order valence-corrected chi connectivity index (χ0v) is 10.2. The van der Waals surface area contributed by atoms with Gasteiger partial charge in [0, 0.05) is 11.8 Å². The Kier molecular flexibility index (Phi) is 1.45. The molecule has 1 unspecified atom stereocenters. The SMILES string of the molecule is CC1CC[C@]23CCC[C@]12CC(=O)[C@H]1O[C@]13C. The highest BCUT2D eigenvalue weighted by Crippen LogP contribution is 2.78. The second-order valence-electron chi connectivity index (χ2n) is 6.78. The molecule has 2 heteroatoms. The van der Waals surface area contributed by atoms with E-state index < -0.39 is 0 Å². The molecule has 3 aliphatic carbocycles. The highest BCUT2D eigenvalue weighted by molar-refractivity contribution is 5.89. The summed E-state index contributed by atoms with van der Waals surface area (Å²) in [5, 5.41) is 0. The van der Waals surface area contributed by atoms with Gasteiger partial charge in [0.25, 0.3) is 0 Å². The molecule has 0 radical (unpaired) electrons. The first-order valence-electron chi connectivity index (χ1n) is 6.76. The molecule has 0 N–H and O–H groups in total. The van der Waals surface area contributed by atoms with Crippen LogP contribution in [0.1, 0.15) is 52.4 Å². The summed E-state index contributed by atoms with van der Waals surface area (Å²) in [7, 11) is 0. The van der Waals surface area contributed by atoms with Gasteiger partial charge in [-0.25, -0.2) is 0 Å². The fourth-order valence-corrected chi connectivity index (χ4v) is 5.80. The number of Topliss-reactive ketones (excluding diaryl/α,β-unsaturated/α-hetero) is 1. The van der Waals surface area contributed by atoms with E-state index in [0.717, 1.165) is 12.3 Å². The molecule has 5 atom stereocenters. The Morgan fingerprint density at radius 2 is 2.12 bits per heavy atom. The van der Waals surface area contributed by atoms with E-state index in [1.165, 1.54) is 32.1 Å². The summed E-state index contributed by atoms with van der Waals surface area (Å²) >= 11 is 0. The zero-order chi connectivity index (χ0) is 11.2. The van der Waals surface area contributed by atoms with Gasteiger partial charge in [-0.1, -0.05) is 13.3 Å². The summed E-state index contributed by atoms with van der Waals surface area (Å²) in [5.41, 5.74) is 0.591. The molecule has 0 aromatic heterocycles. The number of carbonyl (C=O) groups excluding carboxylic acids is 1. The average Bonchev–Trinajstić information content (AvgIpc) is 2.69. The molecule has 2 nitrogen and oxygen atoms in total. The van der Waals surface area contributed by atoms with Crippen LogP contribution in [0.2, 0.25) is 0 Å². The maximum atomic E-state index is 12.1. The molecule has 4 fully saturated rings. The maximum Gasteiger partial charge on any atom is 0.165 e. The smallest absolute Gasteiger partial charge is 0.165 e. The number of epoxide rings is 1. The molecular formula is C14H20O2. The van der Waals surface area contributed by atoms with Gasteiger partial charge in [-0.3, -0.25) is 4.79 Å². The van der Waals surface area contributed by atoms with Crippen molar-refractivity contribution < 1.29 is 9.53 Å². The van der Waals surface area contributed by atoms with Crippen molar-refractivity contribution in [3.05, 3.63) is 0 Å². The van der Waals surface area contributed by atoms with Crippen LogP contribution in [0.15, 0.2) is 0 Å². The molecule has 3 saturated carbocycles. The normalized spacial score (nSPS) is 62.8. The number of carbonyl (C=O) groups is 1. The second-order valence-corrected chi connectivity index (χ2v) is 6.78. The number of fused-ring (bicyclic) bond motifs is 1. The Bertz CT molecular complexity index is 390. The Morgan fingerprint density at radius 1 is 1.31 bits per heavy atom. The van der Waals surface area contributed by atoms with Crippen molar-refractivity contribution in [3.8, 4) is 0 Å². The van der Waals surface area contributed by atoms with E-state index in [2.05, 4.69) is 13.8 Å². The predicted octanol–water partition coefficient (Wildman–Crippen LogP) is 2.70. The third-order valence-electron chi connectivity index (χ3n) is 6.67. The first kappa shape index (κ1) is 9.64. The highest BCUT2D eigenvalue weighted by atomic mass is 16.6. The van der Waals surface area contributed by atoms with Crippen LogP contribution in [-0.2, 0) is 9.53 Å². The van der Waals surface area contributed by atoms with Gasteiger partial charge in [0.1, 0.15) is 11.7 Å². The molecular weight excluding hydrogens is 200 g/mol. The van der Waals surface area contributed by atoms with Gasteiger partial charge in [-0.15, -0.1) is 0 Å². The number of hydrogen-bond donors (Lipinski definition) is 0. The Labute approximate surface area is 96.7 Å². The standard InChI is InChI=1S/C14H20O2/c1-9-4-7-14-6-3-5-13(9,14)8-10(15)11-12(14,2)16-11/h9,11H,3-8H2,1-2H3/t9?,11-,12-,13+,14+/m1/s1. The third kappa shape index (κ3) is 0.703. The van der Waals surface area contributed by atoms with Gasteiger partial charge < -0.3 is 4.74 Å². The van der Waals surface area contributed by atoms with Crippen LogP contribution in [0.5, 0.6) is 0 Å². The maximum absolute atomic E-state index is 12.1. The van der Waals surface area contributed by atoms with E-state index in [4.69, 9.17) is 4.74 Å². The van der Waals surface area contributed by atoms with Crippen LogP contribution in [0, 0.1) is 16.7 Å². The third-order valence-corrected chi connectivity index (χ3v) is 6.67. The van der Waals surface area contributed by atoms with E-state index >= 15 is 0 Å². The zero-order valence-electron chi connectivity index (χ0n) is 10.2. The Morgan fingerprint density at radius 3 is 2.94 bits per heavy atom. The molecule has 4 rings (SSSR count). The summed E-state index contributed by atoms with van der Waals surface area (Å²) in [6, 6.07) is 0. The van der Waals surface area contributed by atoms with Crippen molar-refractivity contribution in [2.45, 2.75) is 64.1 Å². The van der Waals surface area contributed by atoms with Crippen LogP contribution in [0.25, 0.3) is 0 Å². The van der Waals surface area contributed by atoms with Gasteiger partial charge in [-0.2, -0.15) is 0 Å². The predicted molar refractivity (Wildman–Crippen MR) is 60.0 cm³/mol. The van der Waals surface area contributed by atoms with Crippen molar-refractivity contribution in [2.75, 3.05) is 0 Å². The van der Waals surface area contributed by atoms with Crippen molar-refractivity contribution in [1.29, 1.82) is 0 Å². The first-order valence-corrected chi connectivity index (χ1v) is 6.76. The van der Waals surface area contributed by atoms with E-state index in [0.29, 0.717) is 16.6 Å². The molecule has 0 aromatic carbocycles. The van der Waals surface area contributed by atoms with E-state index in [9.17, 15) is 4.79 Å². The quantitative estimate of drug-likeness (QED) is 0.587. The molecule has 1 saturated heterocycles. The minimum absolute atomic E-state index is 0.0379. The molecule has 4 aliphatic rings. The van der Waals surface area contributed by atoms with Gasteiger partial charge in [-0.05, 0) is 43.9 Å². The Balaban J connectivity index is 1.92. The van der Waals surface area contributed by atoms with Gasteiger partial charge >= 0.3 is 0 Å². The number of ketones is 1. The van der Waals surface area contributed by atoms with Crippen molar-refractivity contribution >= 4 is 5.78 Å². The average molecular weight is 220 g/mol. The largest absolute Gasteiger partial charge is 0.357 e. The summed E-state index contributed by atoms with van der Waals surface area (Å²) in [6.07, 6.45) is 7.26. The molecule has 0 amide bonds. The lowest BCUT2D eigenvalue weighted by Crippen LogP contribution is -2.52. The molecule has 0 bridgehead atoms. The summed E-state index contributed by atoms with van der Waals surface area (Å²) < 4.78 is 5.89. The van der Waals surface area contributed by atoms with Gasteiger partial charge in [0.05, 0.1) is 0 Å². The minimum atomic E-state index is -0.0798. The molecule has 0 spiro atoms. The van der Waals surface area contributed by atoms with E-state index in [1.807, 2.05) is 0 Å². The van der Waals surface area contributed by atoms with Crippen LogP contribution >= 0.6 is 0 Å². The lowest BCUT2D eigenvalue weighted by molar-refractivity contribution is -0.128. The molecule has 88 valence electrons. The van der Waals surface area contributed by atoms with Crippen LogP contribution in [0.4, 0.5) is 0 Å². The fraction of sp³-hybridized carbons (Fsp3) is 0.929. The number of rotatable bonds is 0. The Hall–Kier alpha value is -0.370. The fourth-order valence-electron chi connectivity index (χ4n) is 5.80. The monoisotopic (exact) mass is 220 g/mol. The number of hydrogen-bond acceptors (Lipinski definition) is 2. The lowest BCUT2D eigenvalue weighted by atomic mass is 9.53. The van der Waals surface area contributed by atoms with Crippen molar-refractivity contribution in [3.63, 3.8) is 0 Å². The summed E-state index contributed by atoms with van der Waals surface area (Å²) in [5.74, 6) is 1.12. The van der Waals surface area contributed by atoms with Gasteiger partial charge in [0.15, 0.2) is 5.78 Å². The van der Waals surface area contributed by atoms with E-state index in [-0.39, 0.29) is 11.7 Å². The summed E-state index contributed by atoms with van der Waals surface area (Å²) in [4.78, 5) is 12.1. The lowest BCUT2D eigenvalue weighted by Gasteiger charge is -2.48.